The lowest BCUT2D eigenvalue weighted by molar-refractivity contribution is -0.137. The molecule has 19 heavy (non-hydrogen) atoms. The first-order chi connectivity index (χ1) is 8.93. The number of nitrogens with one attached hydrogen (secondary N) is 1. The molecular formula is C13H11F4NS. The Bertz CT molecular complexity index is 548. The zero-order chi connectivity index (χ0) is 14.0. The molecule has 0 aliphatic rings. The average Bonchev–Trinajstić information content (AvgIpc) is 2.84. The standard InChI is InChI=1S/C13H11F4NS/c1-18-12(11-3-2-6-19-11)9-7-8(13(15,16)17)4-5-10(9)14/h2-7,12,18H,1H3. The average molecular weight is 289 g/mol. The molecule has 1 unspecified atom stereocenters. The molecule has 0 radical (unpaired) electrons. The number of rotatable bonds is 3. The van der Waals surface area contributed by atoms with E-state index in [9.17, 15) is 17.6 Å². The van der Waals surface area contributed by atoms with Crippen LogP contribution in [0.4, 0.5) is 17.6 Å². The fourth-order valence-corrected chi connectivity index (χ4v) is 2.70. The first-order valence-electron chi connectivity index (χ1n) is 5.51. The Morgan fingerprint density at radius 3 is 2.47 bits per heavy atom. The molecule has 0 bridgehead atoms. The third-order valence-corrected chi connectivity index (χ3v) is 3.69. The number of hydrogen-bond donors (Lipinski definition) is 1. The highest BCUT2D eigenvalue weighted by Crippen LogP contribution is 2.34. The fraction of sp³-hybridized carbons (Fsp3) is 0.231. The maximum atomic E-state index is 13.8. The summed E-state index contributed by atoms with van der Waals surface area (Å²) in [5.74, 6) is -0.652. The Balaban J connectivity index is 2.48. The molecule has 1 N–H and O–H groups in total. The van der Waals surface area contributed by atoms with Crippen molar-refractivity contribution in [2.75, 3.05) is 7.05 Å². The van der Waals surface area contributed by atoms with E-state index in [1.165, 1.54) is 11.3 Å². The quantitative estimate of drug-likeness (QED) is 0.834. The van der Waals surface area contributed by atoms with Crippen molar-refractivity contribution in [2.45, 2.75) is 12.2 Å². The third-order valence-electron chi connectivity index (χ3n) is 2.75. The molecule has 102 valence electrons. The van der Waals surface area contributed by atoms with Gasteiger partial charge in [-0.2, -0.15) is 13.2 Å². The summed E-state index contributed by atoms with van der Waals surface area (Å²) >= 11 is 1.36. The molecule has 1 aromatic heterocycles. The Hall–Kier alpha value is -1.40. The molecule has 0 saturated carbocycles. The third kappa shape index (κ3) is 2.96. The molecule has 1 aromatic carbocycles. The molecular weight excluding hydrogens is 278 g/mol. The SMILES string of the molecule is CNC(c1cccs1)c1cc(C(F)(F)F)ccc1F. The Morgan fingerprint density at radius 2 is 1.95 bits per heavy atom. The Kier molecular flexibility index (Phi) is 3.91. The number of benzene rings is 1. The lowest BCUT2D eigenvalue weighted by atomic mass is 10.0. The molecule has 2 rings (SSSR count). The summed E-state index contributed by atoms with van der Waals surface area (Å²) in [5, 5.41) is 4.64. The summed E-state index contributed by atoms with van der Waals surface area (Å²) in [4.78, 5) is 0.765. The summed E-state index contributed by atoms with van der Waals surface area (Å²) in [5.41, 5.74) is -0.847. The predicted molar refractivity (Wildman–Crippen MR) is 66.6 cm³/mol. The van der Waals surface area contributed by atoms with Crippen LogP contribution in [0, 0.1) is 5.82 Å². The zero-order valence-electron chi connectivity index (χ0n) is 9.96. The van der Waals surface area contributed by atoms with Crippen LogP contribution in [0.25, 0.3) is 0 Å². The van der Waals surface area contributed by atoms with Crippen LogP contribution >= 0.6 is 11.3 Å². The van der Waals surface area contributed by atoms with E-state index in [0.29, 0.717) is 0 Å². The second-order valence-electron chi connectivity index (χ2n) is 3.97. The molecule has 1 heterocycles. The van der Waals surface area contributed by atoms with Crippen molar-refractivity contribution in [1.29, 1.82) is 0 Å². The molecule has 0 aliphatic carbocycles. The number of alkyl halides is 3. The molecule has 0 amide bonds. The second-order valence-corrected chi connectivity index (χ2v) is 4.95. The molecule has 1 atom stereocenters. The summed E-state index contributed by atoms with van der Waals surface area (Å²) in [6.07, 6.45) is -4.48. The minimum Gasteiger partial charge on any atom is -0.309 e. The van der Waals surface area contributed by atoms with Crippen LogP contribution in [0.15, 0.2) is 35.7 Å². The van der Waals surface area contributed by atoms with Crippen molar-refractivity contribution in [1.82, 2.24) is 5.32 Å². The van der Waals surface area contributed by atoms with Crippen LogP contribution in [0.5, 0.6) is 0 Å². The largest absolute Gasteiger partial charge is 0.416 e. The van der Waals surface area contributed by atoms with Gasteiger partial charge in [-0.1, -0.05) is 6.07 Å². The van der Waals surface area contributed by atoms with Gasteiger partial charge in [-0.25, -0.2) is 4.39 Å². The molecule has 0 fully saturated rings. The number of thiophene rings is 1. The molecule has 0 spiro atoms. The van der Waals surface area contributed by atoms with E-state index in [0.717, 1.165) is 23.1 Å². The summed E-state index contributed by atoms with van der Waals surface area (Å²) < 4.78 is 51.8. The number of hydrogen-bond acceptors (Lipinski definition) is 2. The normalized spacial score (nSPS) is 13.5. The van der Waals surface area contributed by atoms with Gasteiger partial charge in [0.25, 0.3) is 0 Å². The van der Waals surface area contributed by atoms with Crippen LogP contribution < -0.4 is 5.32 Å². The molecule has 0 saturated heterocycles. The number of halogens is 4. The van der Waals surface area contributed by atoms with Gasteiger partial charge < -0.3 is 5.32 Å². The van der Waals surface area contributed by atoms with Crippen molar-refractivity contribution < 1.29 is 17.6 Å². The van der Waals surface area contributed by atoms with E-state index in [4.69, 9.17) is 0 Å². The van der Waals surface area contributed by atoms with Gasteiger partial charge in [0.1, 0.15) is 5.82 Å². The Labute approximate surface area is 111 Å². The van der Waals surface area contributed by atoms with Crippen LogP contribution in [0.2, 0.25) is 0 Å². The first kappa shape index (κ1) is 14.0. The smallest absolute Gasteiger partial charge is 0.309 e. The van der Waals surface area contributed by atoms with E-state index in [1.54, 1.807) is 24.6 Å². The van der Waals surface area contributed by atoms with Crippen molar-refractivity contribution in [3.63, 3.8) is 0 Å². The van der Waals surface area contributed by atoms with Gasteiger partial charge in [0.2, 0.25) is 0 Å². The van der Waals surface area contributed by atoms with E-state index in [-0.39, 0.29) is 5.56 Å². The maximum absolute atomic E-state index is 13.8. The Morgan fingerprint density at radius 1 is 1.21 bits per heavy atom. The maximum Gasteiger partial charge on any atom is 0.416 e. The van der Waals surface area contributed by atoms with E-state index in [1.807, 2.05) is 0 Å². The van der Waals surface area contributed by atoms with Gasteiger partial charge in [0.15, 0.2) is 0 Å². The molecule has 1 nitrogen and oxygen atoms in total. The second kappa shape index (κ2) is 5.30. The predicted octanol–water partition coefficient (Wildman–Crippen LogP) is 4.21. The van der Waals surface area contributed by atoms with E-state index in [2.05, 4.69) is 5.32 Å². The highest BCUT2D eigenvalue weighted by molar-refractivity contribution is 7.10. The van der Waals surface area contributed by atoms with Crippen molar-refractivity contribution in [3.05, 3.63) is 57.5 Å². The van der Waals surface area contributed by atoms with Gasteiger partial charge in [-0.15, -0.1) is 11.3 Å². The minimum atomic E-state index is -4.48. The highest BCUT2D eigenvalue weighted by atomic mass is 32.1. The van der Waals surface area contributed by atoms with Crippen LogP contribution in [-0.4, -0.2) is 7.05 Å². The van der Waals surface area contributed by atoms with Crippen molar-refractivity contribution in [3.8, 4) is 0 Å². The fourth-order valence-electron chi connectivity index (χ4n) is 1.85. The van der Waals surface area contributed by atoms with Crippen LogP contribution in [0.3, 0.4) is 0 Å². The first-order valence-corrected chi connectivity index (χ1v) is 6.38. The van der Waals surface area contributed by atoms with Gasteiger partial charge >= 0.3 is 6.18 Å². The van der Waals surface area contributed by atoms with Crippen LogP contribution in [-0.2, 0) is 6.18 Å². The monoisotopic (exact) mass is 289 g/mol. The topological polar surface area (TPSA) is 12.0 Å². The summed E-state index contributed by atoms with van der Waals surface area (Å²) in [7, 11) is 1.59. The van der Waals surface area contributed by atoms with Crippen LogP contribution in [0.1, 0.15) is 22.0 Å². The molecule has 2 aromatic rings. The lowest BCUT2D eigenvalue weighted by Crippen LogP contribution is -2.19. The lowest BCUT2D eigenvalue weighted by Gasteiger charge is -2.17. The summed E-state index contributed by atoms with van der Waals surface area (Å²) in [6, 6.07) is 5.41. The van der Waals surface area contributed by atoms with E-state index < -0.39 is 23.6 Å². The van der Waals surface area contributed by atoms with Crippen molar-refractivity contribution in [2.24, 2.45) is 0 Å². The zero-order valence-corrected chi connectivity index (χ0v) is 10.8. The molecule has 6 heteroatoms. The van der Waals surface area contributed by atoms with Gasteiger partial charge in [0.05, 0.1) is 11.6 Å². The highest BCUT2D eigenvalue weighted by Gasteiger charge is 2.32. The van der Waals surface area contributed by atoms with E-state index >= 15 is 0 Å². The molecule has 0 aliphatic heterocycles. The summed E-state index contributed by atoms with van der Waals surface area (Å²) in [6.45, 7) is 0. The minimum absolute atomic E-state index is 0.000208. The van der Waals surface area contributed by atoms with Crippen molar-refractivity contribution >= 4 is 11.3 Å². The van der Waals surface area contributed by atoms with Gasteiger partial charge in [0, 0.05) is 10.4 Å². The van der Waals surface area contributed by atoms with Gasteiger partial charge in [-0.05, 0) is 36.7 Å². The van der Waals surface area contributed by atoms with Gasteiger partial charge in [-0.3, -0.25) is 0 Å².